The summed E-state index contributed by atoms with van der Waals surface area (Å²) in [6.45, 7) is 5.71. The number of amides is 1. The van der Waals surface area contributed by atoms with Crippen LogP contribution >= 0.6 is 0 Å². The molecule has 0 saturated carbocycles. The lowest BCUT2D eigenvalue weighted by atomic mass is 9.99. The highest BCUT2D eigenvalue weighted by Crippen LogP contribution is 2.26. The predicted molar refractivity (Wildman–Crippen MR) is 352 cm³/mol. The third kappa shape index (κ3) is 46.8. The molecule has 0 spiro atoms. The molecule has 1 amide bonds. The van der Waals surface area contributed by atoms with E-state index in [0.29, 0.717) is 12.8 Å². The Bertz CT molecular complexity index is 1740. The van der Waals surface area contributed by atoms with Gasteiger partial charge in [-0.1, -0.05) is 279 Å². The Hall–Kier alpha value is -3.42. The van der Waals surface area contributed by atoms with Crippen molar-refractivity contribution in [2.24, 2.45) is 0 Å². The van der Waals surface area contributed by atoms with Crippen LogP contribution in [0.2, 0.25) is 0 Å². The first kappa shape index (κ1) is 78.6. The first-order chi connectivity index (χ1) is 41.2. The number of esters is 1. The fraction of sp³-hybridized carbons (Fsp3) is 0.753. The van der Waals surface area contributed by atoms with Gasteiger partial charge in [-0.15, -0.1) is 0 Å². The molecule has 0 aliphatic carbocycles. The maximum atomic E-state index is 13.4. The van der Waals surface area contributed by atoms with E-state index in [0.717, 1.165) is 83.5 Å². The highest BCUT2D eigenvalue weighted by molar-refractivity contribution is 5.80. The summed E-state index contributed by atoms with van der Waals surface area (Å²) in [6.07, 6.45) is 70.3. The zero-order chi connectivity index (χ0) is 61.0. The third-order valence-corrected chi connectivity index (χ3v) is 15.7. The number of unbranched alkanes of at least 4 members (excludes halogenated alkanes) is 30. The maximum Gasteiger partial charge on any atom is 0.306 e. The molecule has 11 heteroatoms. The van der Waals surface area contributed by atoms with E-state index in [1.807, 2.05) is 18.2 Å². The number of ether oxygens (including phenoxy) is 3. The molecule has 1 fully saturated rings. The van der Waals surface area contributed by atoms with Gasteiger partial charge in [-0.25, -0.2) is 0 Å². The maximum absolute atomic E-state index is 13.4. The van der Waals surface area contributed by atoms with Crippen LogP contribution in [0.5, 0.6) is 0 Å². The van der Waals surface area contributed by atoms with Gasteiger partial charge in [-0.05, 0) is 103 Å². The summed E-state index contributed by atoms with van der Waals surface area (Å²) in [6, 6.07) is -1.06. The summed E-state index contributed by atoms with van der Waals surface area (Å²) in [4.78, 5) is 26.6. The van der Waals surface area contributed by atoms with Crippen molar-refractivity contribution in [1.82, 2.24) is 5.32 Å². The van der Waals surface area contributed by atoms with Crippen LogP contribution < -0.4 is 5.32 Å². The highest BCUT2D eigenvalue weighted by atomic mass is 16.7. The Kier molecular flexibility index (Phi) is 56.0. The molecule has 8 atom stereocenters. The number of carbonyl (C=O) groups excluding carboxylic acids is 2. The quantitative estimate of drug-likeness (QED) is 0.0195. The lowest BCUT2D eigenvalue weighted by Crippen LogP contribution is -2.61. The van der Waals surface area contributed by atoms with E-state index in [9.17, 15) is 35.1 Å². The number of aliphatic hydroxyl groups is 5. The lowest BCUT2D eigenvalue weighted by Gasteiger charge is -2.41. The summed E-state index contributed by atoms with van der Waals surface area (Å²) >= 11 is 0. The zero-order valence-corrected chi connectivity index (χ0v) is 53.7. The number of hydrogen-bond acceptors (Lipinski definition) is 10. The van der Waals surface area contributed by atoms with Crippen molar-refractivity contribution in [2.45, 2.75) is 339 Å². The summed E-state index contributed by atoms with van der Waals surface area (Å²) in [5.41, 5.74) is 0. The van der Waals surface area contributed by atoms with Crippen molar-refractivity contribution in [3.63, 3.8) is 0 Å². The Morgan fingerprint density at radius 1 is 0.464 bits per heavy atom. The van der Waals surface area contributed by atoms with Gasteiger partial charge in [0.25, 0.3) is 0 Å². The SMILES string of the molecule is CCCCC/C=C\C/C=C\C/C=C\C/C=C\CCC(O)C(=O)NC(COC1OC(CO)C(O)C(O)C1OC(=O)CCCCCCCCCCCCCCCC/C=C\C/C=C\C/C=C\CCCCC)C(O)/C=C/CCCCCCCCCCCC. The molecule has 1 heterocycles. The molecule has 484 valence electrons. The lowest BCUT2D eigenvalue weighted by molar-refractivity contribution is -0.305. The van der Waals surface area contributed by atoms with Gasteiger partial charge in [0.05, 0.1) is 25.4 Å². The van der Waals surface area contributed by atoms with Crippen LogP contribution in [-0.2, 0) is 23.8 Å². The van der Waals surface area contributed by atoms with Crippen molar-refractivity contribution in [3.05, 3.63) is 97.2 Å². The minimum Gasteiger partial charge on any atom is -0.454 e. The van der Waals surface area contributed by atoms with Crippen LogP contribution in [0.25, 0.3) is 0 Å². The average Bonchev–Trinajstić information content (AvgIpc) is 3.54. The Labute approximate surface area is 514 Å². The largest absolute Gasteiger partial charge is 0.454 e. The molecule has 1 rings (SSSR count). The van der Waals surface area contributed by atoms with Crippen molar-refractivity contribution < 1.29 is 49.3 Å². The van der Waals surface area contributed by atoms with Gasteiger partial charge in [0, 0.05) is 6.42 Å². The van der Waals surface area contributed by atoms with E-state index >= 15 is 0 Å². The van der Waals surface area contributed by atoms with E-state index in [-0.39, 0.29) is 19.4 Å². The predicted octanol–water partition coefficient (Wildman–Crippen LogP) is 17.5. The van der Waals surface area contributed by atoms with Crippen molar-refractivity contribution in [2.75, 3.05) is 13.2 Å². The van der Waals surface area contributed by atoms with Crippen LogP contribution in [0, 0.1) is 0 Å². The van der Waals surface area contributed by atoms with Crippen LogP contribution in [0.3, 0.4) is 0 Å². The van der Waals surface area contributed by atoms with Gasteiger partial charge < -0.3 is 45.1 Å². The van der Waals surface area contributed by atoms with Crippen molar-refractivity contribution >= 4 is 11.9 Å². The van der Waals surface area contributed by atoms with E-state index in [4.69, 9.17) is 14.2 Å². The van der Waals surface area contributed by atoms with Crippen LogP contribution in [0.4, 0.5) is 0 Å². The molecule has 0 aromatic carbocycles. The molecule has 0 aromatic heterocycles. The third-order valence-electron chi connectivity index (χ3n) is 15.7. The van der Waals surface area contributed by atoms with Gasteiger partial charge in [-0.3, -0.25) is 9.59 Å². The second-order valence-corrected chi connectivity index (χ2v) is 23.6. The molecule has 8 unspecified atom stereocenters. The fourth-order valence-corrected chi connectivity index (χ4v) is 10.2. The van der Waals surface area contributed by atoms with E-state index in [1.165, 1.54) is 161 Å². The summed E-state index contributed by atoms with van der Waals surface area (Å²) < 4.78 is 17.6. The molecule has 1 aliphatic heterocycles. The summed E-state index contributed by atoms with van der Waals surface area (Å²) in [5.74, 6) is -1.25. The highest BCUT2D eigenvalue weighted by Gasteiger charge is 2.47. The Morgan fingerprint density at radius 3 is 1.25 bits per heavy atom. The van der Waals surface area contributed by atoms with Gasteiger partial charge in [0.1, 0.15) is 24.4 Å². The monoisotopic (exact) mass is 1180 g/mol. The molecule has 84 heavy (non-hydrogen) atoms. The van der Waals surface area contributed by atoms with E-state index in [1.54, 1.807) is 6.08 Å². The minimum atomic E-state index is -1.63. The van der Waals surface area contributed by atoms with Gasteiger partial charge in [0.2, 0.25) is 5.91 Å². The topological polar surface area (TPSA) is 175 Å². The normalized spacial score (nSPS) is 19.1. The number of hydrogen-bond donors (Lipinski definition) is 6. The van der Waals surface area contributed by atoms with Gasteiger partial charge in [-0.2, -0.15) is 0 Å². The summed E-state index contributed by atoms with van der Waals surface area (Å²) in [5, 5.41) is 57.0. The molecule has 6 N–H and O–H groups in total. The van der Waals surface area contributed by atoms with Crippen LogP contribution in [-0.4, -0.2) is 99.6 Å². The fourth-order valence-electron chi connectivity index (χ4n) is 10.2. The second-order valence-electron chi connectivity index (χ2n) is 23.6. The zero-order valence-electron chi connectivity index (χ0n) is 53.7. The molecule has 1 saturated heterocycles. The number of rotatable bonds is 58. The molecule has 11 nitrogen and oxygen atoms in total. The van der Waals surface area contributed by atoms with Crippen LogP contribution in [0.15, 0.2) is 97.2 Å². The number of allylic oxidation sites excluding steroid dienone is 15. The Morgan fingerprint density at radius 2 is 0.821 bits per heavy atom. The number of nitrogens with one attached hydrogen (secondary N) is 1. The van der Waals surface area contributed by atoms with E-state index in [2.05, 4.69) is 99.0 Å². The van der Waals surface area contributed by atoms with E-state index < -0.39 is 67.4 Å². The molecule has 1 aliphatic rings. The summed E-state index contributed by atoms with van der Waals surface area (Å²) in [7, 11) is 0. The van der Waals surface area contributed by atoms with Crippen molar-refractivity contribution in [3.8, 4) is 0 Å². The van der Waals surface area contributed by atoms with Crippen LogP contribution in [0.1, 0.15) is 290 Å². The average molecular weight is 1180 g/mol. The molecule has 0 radical (unpaired) electrons. The van der Waals surface area contributed by atoms with Gasteiger partial charge >= 0.3 is 5.97 Å². The molecule has 0 bridgehead atoms. The molecular weight excluding hydrogens is 1050 g/mol. The minimum absolute atomic E-state index is 0.113. The van der Waals surface area contributed by atoms with Gasteiger partial charge in [0.15, 0.2) is 12.4 Å². The smallest absolute Gasteiger partial charge is 0.306 e. The van der Waals surface area contributed by atoms with Crippen molar-refractivity contribution in [1.29, 1.82) is 0 Å². The Balaban J connectivity index is 2.59. The number of aliphatic hydroxyl groups excluding tert-OH is 5. The molecule has 0 aromatic rings. The molecular formula is C73H127NO10. The standard InChI is InChI=1S/C73H127NO10/c1-4-7-10-13-16-19-22-25-27-29-30-31-32-33-34-35-36-37-38-39-41-43-46-49-52-55-58-61-68(78)84-71-70(80)69(79)67(62-75)83-73(71)82-63-64(65(76)59-56-53-50-47-44-24-21-18-15-12-9-6-3)74-72(81)66(77)60-57-54-51-48-45-42-40-28-26-23-20-17-14-11-8-5-2/h16-17,19-20,25-28,30-31,42,45,51,54,56,59,64-67,69-71,73,75-77,79-80H,4-15,18,21-24,29,32-41,43-44,46-50,52-53,55,57-58,60-63H2,1-3H3,(H,74,81)/b19-16-,20-17-,27-25-,28-26-,31-30-,45-42-,54-51-,59-56+. The number of carbonyl (C=O) groups is 2. The first-order valence-electron chi connectivity index (χ1n) is 34.5. The second kappa shape index (κ2) is 59.9. The first-order valence-corrected chi connectivity index (χ1v) is 34.5.